The lowest BCUT2D eigenvalue weighted by Gasteiger charge is -2.32. The molecule has 5 heteroatoms. The van der Waals surface area contributed by atoms with Gasteiger partial charge in [0.2, 0.25) is 0 Å². The highest BCUT2D eigenvalue weighted by molar-refractivity contribution is 5.92. The molecule has 1 saturated heterocycles. The van der Waals surface area contributed by atoms with Crippen LogP contribution in [0.2, 0.25) is 0 Å². The fraction of sp³-hybridized carbons (Fsp3) is 0.375. The van der Waals surface area contributed by atoms with Gasteiger partial charge < -0.3 is 4.90 Å². The van der Waals surface area contributed by atoms with Gasteiger partial charge in [0.1, 0.15) is 5.69 Å². The molecule has 2 aromatic heterocycles. The highest BCUT2D eigenvalue weighted by Crippen LogP contribution is 2.21. The third-order valence-electron chi connectivity index (χ3n) is 3.84. The van der Waals surface area contributed by atoms with Crippen molar-refractivity contribution in [2.24, 2.45) is 5.92 Å². The van der Waals surface area contributed by atoms with Crippen LogP contribution in [-0.2, 0) is 6.42 Å². The van der Waals surface area contributed by atoms with Crippen molar-refractivity contribution >= 4 is 5.91 Å². The van der Waals surface area contributed by atoms with Crippen LogP contribution in [0.4, 0.5) is 0 Å². The number of hydrogen-bond acceptors (Lipinski definition) is 4. The lowest BCUT2D eigenvalue weighted by molar-refractivity contribution is 0.0667. The van der Waals surface area contributed by atoms with E-state index in [0.29, 0.717) is 11.6 Å². The van der Waals surface area contributed by atoms with Crippen LogP contribution in [0.5, 0.6) is 0 Å². The summed E-state index contributed by atoms with van der Waals surface area (Å²) >= 11 is 0. The zero-order chi connectivity index (χ0) is 14.5. The third-order valence-corrected chi connectivity index (χ3v) is 3.84. The van der Waals surface area contributed by atoms with Crippen molar-refractivity contribution in [1.29, 1.82) is 0 Å². The summed E-state index contributed by atoms with van der Waals surface area (Å²) in [6, 6.07) is 4.05. The Morgan fingerprint density at radius 3 is 2.90 bits per heavy atom. The van der Waals surface area contributed by atoms with E-state index in [0.717, 1.165) is 32.4 Å². The van der Waals surface area contributed by atoms with Gasteiger partial charge >= 0.3 is 0 Å². The number of aromatic nitrogens is 3. The Bertz CT molecular complexity index is 588. The van der Waals surface area contributed by atoms with Crippen molar-refractivity contribution < 1.29 is 4.79 Å². The standard InChI is InChI=1S/C16H18N4O/c21-16(15-11-18-6-7-19-15)20-8-2-4-14(12-20)9-13-3-1-5-17-10-13/h1,3,5-7,10-11,14H,2,4,8-9,12H2/t14-/m0/s1. The maximum Gasteiger partial charge on any atom is 0.274 e. The van der Waals surface area contributed by atoms with Gasteiger partial charge in [-0.3, -0.25) is 14.8 Å². The zero-order valence-electron chi connectivity index (χ0n) is 11.9. The number of likely N-dealkylation sites (tertiary alicyclic amines) is 1. The molecule has 0 radical (unpaired) electrons. The highest BCUT2D eigenvalue weighted by atomic mass is 16.2. The first-order valence-electron chi connectivity index (χ1n) is 7.27. The van der Waals surface area contributed by atoms with Crippen molar-refractivity contribution in [2.45, 2.75) is 19.3 Å². The van der Waals surface area contributed by atoms with Crippen molar-refractivity contribution in [3.8, 4) is 0 Å². The number of pyridine rings is 1. The van der Waals surface area contributed by atoms with E-state index in [1.165, 1.54) is 11.8 Å². The molecule has 1 amide bonds. The largest absolute Gasteiger partial charge is 0.337 e. The van der Waals surface area contributed by atoms with Crippen LogP contribution in [0, 0.1) is 5.92 Å². The molecule has 1 aliphatic heterocycles. The molecule has 3 heterocycles. The summed E-state index contributed by atoms with van der Waals surface area (Å²) in [5.41, 5.74) is 1.66. The minimum atomic E-state index is -0.0148. The van der Waals surface area contributed by atoms with Crippen LogP contribution >= 0.6 is 0 Å². The van der Waals surface area contributed by atoms with Crippen LogP contribution in [0.1, 0.15) is 28.9 Å². The van der Waals surface area contributed by atoms with Crippen LogP contribution in [0.25, 0.3) is 0 Å². The fourth-order valence-corrected chi connectivity index (χ4v) is 2.84. The van der Waals surface area contributed by atoms with Gasteiger partial charge in [-0.05, 0) is 36.8 Å². The normalized spacial score (nSPS) is 18.5. The molecular weight excluding hydrogens is 264 g/mol. The molecule has 21 heavy (non-hydrogen) atoms. The fourth-order valence-electron chi connectivity index (χ4n) is 2.84. The molecule has 0 aliphatic carbocycles. The van der Waals surface area contributed by atoms with Gasteiger partial charge in [0.05, 0.1) is 6.20 Å². The van der Waals surface area contributed by atoms with E-state index in [2.05, 4.69) is 21.0 Å². The van der Waals surface area contributed by atoms with E-state index in [1.807, 2.05) is 17.2 Å². The molecule has 0 N–H and O–H groups in total. The van der Waals surface area contributed by atoms with Crippen LogP contribution < -0.4 is 0 Å². The van der Waals surface area contributed by atoms with E-state index < -0.39 is 0 Å². The highest BCUT2D eigenvalue weighted by Gasteiger charge is 2.25. The van der Waals surface area contributed by atoms with E-state index >= 15 is 0 Å². The second kappa shape index (κ2) is 6.43. The molecule has 0 unspecified atom stereocenters. The van der Waals surface area contributed by atoms with Crippen molar-refractivity contribution in [2.75, 3.05) is 13.1 Å². The minimum absolute atomic E-state index is 0.0148. The average molecular weight is 282 g/mol. The molecule has 2 aromatic rings. The molecule has 108 valence electrons. The molecule has 0 saturated carbocycles. The first-order valence-corrected chi connectivity index (χ1v) is 7.27. The summed E-state index contributed by atoms with van der Waals surface area (Å²) in [6.07, 6.45) is 11.5. The van der Waals surface area contributed by atoms with Crippen LogP contribution in [-0.4, -0.2) is 38.8 Å². The first kappa shape index (κ1) is 13.7. The monoisotopic (exact) mass is 282 g/mol. The Balaban J connectivity index is 1.64. The molecule has 1 atom stereocenters. The van der Waals surface area contributed by atoms with Gasteiger partial charge in [-0.15, -0.1) is 0 Å². The topological polar surface area (TPSA) is 59.0 Å². The summed E-state index contributed by atoms with van der Waals surface area (Å²) in [4.78, 5) is 26.5. The van der Waals surface area contributed by atoms with E-state index in [4.69, 9.17) is 0 Å². The van der Waals surface area contributed by atoms with Crippen LogP contribution in [0.15, 0.2) is 43.1 Å². The van der Waals surface area contributed by atoms with E-state index in [1.54, 1.807) is 18.6 Å². The minimum Gasteiger partial charge on any atom is -0.337 e. The molecule has 1 fully saturated rings. The second-order valence-electron chi connectivity index (χ2n) is 5.42. The number of amides is 1. The number of carbonyl (C=O) groups is 1. The quantitative estimate of drug-likeness (QED) is 0.863. The van der Waals surface area contributed by atoms with Crippen molar-refractivity contribution in [3.05, 3.63) is 54.4 Å². The van der Waals surface area contributed by atoms with Gasteiger partial charge in [0.15, 0.2) is 0 Å². The van der Waals surface area contributed by atoms with Crippen molar-refractivity contribution in [1.82, 2.24) is 19.9 Å². The summed E-state index contributed by atoms with van der Waals surface area (Å²) in [5, 5.41) is 0. The van der Waals surface area contributed by atoms with Crippen LogP contribution in [0.3, 0.4) is 0 Å². The van der Waals surface area contributed by atoms with Crippen molar-refractivity contribution in [3.63, 3.8) is 0 Å². The Morgan fingerprint density at radius 2 is 2.14 bits per heavy atom. The smallest absolute Gasteiger partial charge is 0.274 e. The second-order valence-corrected chi connectivity index (χ2v) is 5.42. The van der Waals surface area contributed by atoms with E-state index in [-0.39, 0.29) is 5.91 Å². The number of piperidine rings is 1. The zero-order valence-corrected chi connectivity index (χ0v) is 11.9. The molecule has 0 aromatic carbocycles. The summed E-state index contributed by atoms with van der Waals surface area (Å²) in [7, 11) is 0. The maximum atomic E-state index is 12.4. The Hall–Kier alpha value is -2.30. The SMILES string of the molecule is O=C(c1cnccn1)N1CCC[C@@H](Cc2cccnc2)C1. The number of nitrogens with zero attached hydrogens (tertiary/aromatic N) is 4. The van der Waals surface area contributed by atoms with Gasteiger partial charge in [-0.25, -0.2) is 4.98 Å². The third kappa shape index (κ3) is 3.42. The van der Waals surface area contributed by atoms with Gasteiger partial charge in [-0.1, -0.05) is 6.07 Å². The van der Waals surface area contributed by atoms with E-state index in [9.17, 15) is 4.79 Å². The lowest BCUT2D eigenvalue weighted by Crippen LogP contribution is -2.40. The van der Waals surface area contributed by atoms with Gasteiger partial charge in [0.25, 0.3) is 5.91 Å². The molecule has 0 spiro atoms. The van der Waals surface area contributed by atoms with Gasteiger partial charge in [0, 0.05) is 37.9 Å². The molecule has 1 aliphatic rings. The average Bonchev–Trinajstić information content (AvgIpc) is 2.56. The molecule has 3 rings (SSSR count). The lowest BCUT2D eigenvalue weighted by atomic mass is 9.92. The molecule has 5 nitrogen and oxygen atoms in total. The summed E-state index contributed by atoms with van der Waals surface area (Å²) in [5.74, 6) is 0.475. The number of rotatable bonds is 3. The van der Waals surface area contributed by atoms with Gasteiger partial charge in [-0.2, -0.15) is 0 Å². The predicted octanol–water partition coefficient (Wildman–Crippen LogP) is 1.97. The number of hydrogen-bond donors (Lipinski definition) is 0. The summed E-state index contributed by atoms with van der Waals surface area (Å²) < 4.78 is 0. The maximum absolute atomic E-state index is 12.4. The summed E-state index contributed by atoms with van der Waals surface area (Å²) in [6.45, 7) is 1.59. The predicted molar refractivity (Wildman–Crippen MR) is 78.6 cm³/mol. The molecular formula is C16H18N4O. The Kier molecular flexibility index (Phi) is 4.19. The number of carbonyl (C=O) groups excluding carboxylic acids is 1. The first-order chi connectivity index (χ1) is 10.3. The Morgan fingerprint density at radius 1 is 1.24 bits per heavy atom. The molecule has 0 bridgehead atoms. The Labute approximate surface area is 124 Å².